The van der Waals surface area contributed by atoms with E-state index in [1.165, 1.54) is 20.3 Å². The molecule has 6 heteroatoms. The van der Waals surface area contributed by atoms with E-state index in [-0.39, 0.29) is 17.2 Å². The van der Waals surface area contributed by atoms with E-state index in [0.717, 1.165) is 0 Å². The number of rotatable bonds is 7. The molecule has 0 unspecified atom stereocenters. The number of benzene rings is 2. The molecule has 0 saturated carbocycles. The van der Waals surface area contributed by atoms with Crippen molar-refractivity contribution in [3.8, 4) is 35.7 Å². The molecule has 2 aromatic carbocycles. The predicted molar refractivity (Wildman–Crippen MR) is 103 cm³/mol. The van der Waals surface area contributed by atoms with Crippen molar-refractivity contribution in [3.63, 3.8) is 0 Å². The minimum atomic E-state index is -0.414. The first-order chi connectivity index (χ1) is 13.0. The van der Waals surface area contributed by atoms with Gasteiger partial charge in [0.05, 0.1) is 19.2 Å². The molecule has 136 valence electrons. The summed E-state index contributed by atoms with van der Waals surface area (Å²) in [5.74, 6) is 3.20. The highest BCUT2D eigenvalue weighted by Crippen LogP contribution is 2.37. The van der Waals surface area contributed by atoms with Crippen molar-refractivity contribution in [2.45, 2.75) is 0 Å². The molecule has 0 saturated heterocycles. The number of methoxy groups -OCH3 is 2. The summed E-state index contributed by atoms with van der Waals surface area (Å²) in [6, 6.07) is 11.6. The minimum absolute atomic E-state index is 0.0324. The van der Waals surface area contributed by atoms with Crippen molar-refractivity contribution in [2.24, 2.45) is 0 Å². The quantitative estimate of drug-likeness (QED) is 0.312. The zero-order valence-corrected chi connectivity index (χ0v) is 15.5. The molecule has 5 nitrogen and oxygen atoms in total. The normalized spacial score (nSPS) is 10.5. The Bertz CT molecular complexity index is 950. The number of ether oxygens (including phenoxy) is 3. The number of terminal acetylenes is 1. The van der Waals surface area contributed by atoms with E-state index in [1.54, 1.807) is 36.4 Å². The summed E-state index contributed by atoms with van der Waals surface area (Å²) in [4.78, 5) is 12.6. The fourth-order valence-electron chi connectivity index (χ4n) is 2.29. The van der Waals surface area contributed by atoms with Gasteiger partial charge < -0.3 is 14.2 Å². The lowest BCUT2D eigenvalue weighted by atomic mass is 10.0. The minimum Gasteiger partial charge on any atom is -0.497 e. The highest BCUT2D eigenvalue weighted by Gasteiger charge is 2.15. The Morgan fingerprint density at radius 2 is 1.93 bits per heavy atom. The molecular formula is C21H16ClNO4. The highest BCUT2D eigenvalue weighted by atomic mass is 35.5. The van der Waals surface area contributed by atoms with Gasteiger partial charge in [0, 0.05) is 5.56 Å². The van der Waals surface area contributed by atoms with Crippen molar-refractivity contribution in [1.29, 1.82) is 5.26 Å². The summed E-state index contributed by atoms with van der Waals surface area (Å²) < 4.78 is 15.7. The molecule has 0 atom stereocenters. The number of allylic oxidation sites excluding steroid dienone is 1. The third-order valence-electron chi connectivity index (χ3n) is 3.58. The number of halogens is 1. The van der Waals surface area contributed by atoms with E-state index in [4.69, 9.17) is 32.2 Å². The number of Topliss-reactive ketones (excluding diaryl/α,β-unsaturated/α-hetero) is 1. The molecular weight excluding hydrogens is 366 g/mol. The summed E-state index contributed by atoms with van der Waals surface area (Å²) in [5, 5.41) is 9.67. The van der Waals surface area contributed by atoms with Gasteiger partial charge in [0.2, 0.25) is 5.78 Å². The van der Waals surface area contributed by atoms with Gasteiger partial charge in [0.15, 0.2) is 11.5 Å². The molecule has 2 aromatic rings. The molecule has 0 radical (unpaired) electrons. The van der Waals surface area contributed by atoms with Crippen LogP contribution in [0.2, 0.25) is 5.02 Å². The molecule has 0 aliphatic rings. The molecule has 27 heavy (non-hydrogen) atoms. The monoisotopic (exact) mass is 381 g/mol. The molecule has 0 N–H and O–H groups in total. The summed E-state index contributed by atoms with van der Waals surface area (Å²) in [6.07, 6.45) is 6.63. The predicted octanol–water partition coefficient (Wildman–Crippen LogP) is 4.16. The second kappa shape index (κ2) is 9.33. The fourth-order valence-corrected chi connectivity index (χ4v) is 2.56. The Balaban J connectivity index is 2.39. The van der Waals surface area contributed by atoms with Gasteiger partial charge >= 0.3 is 0 Å². The van der Waals surface area contributed by atoms with E-state index in [1.807, 2.05) is 6.07 Å². The van der Waals surface area contributed by atoms with Gasteiger partial charge in [-0.15, -0.1) is 6.42 Å². The number of hydrogen-bond acceptors (Lipinski definition) is 5. The number of nitrogens with zero attached hydrogens (tertiary/aromatic N) is 1. The molecule has 0 aromatic heterocycles. The Kier molecular flexibility index (Phi) is 6.88. The molecule has 0 amide bonds. The Labute approximate surface area is 162 Å². The molecule has 0 bridgehead atoms. The third-order valence-corrected chi connectivity index (χ3v) is 3.86. The standard InChI is InChI=1S/C21H16ClNO4/c1-4-9-27-21-18(22)11-14(12-19(21)26-3)10-16(13-23)20(24)15-5-7-17(25-2)8-6-15/h1,5-8,10-12H,9H2,2-3H3/b16-10+. The van der Waals surface area contributed by atoms with E-state index < -0.39 is 5.78 Å². The zero-order chi connectivity index (χ0) is 19.8. The van der Waals surface area contributed by atoms with Crippen LogP contribution in [0, 0.1) is 23.7 Å². The molecule has 0 spiro atoms. The largest absolute Gasteiger partial charge is 0.497 e. The molecule has 0 fully saturated rings. The fraction of sp³-hybridized carbons (Fsp3) is 0.143. The van der Waals surface area contributed by atoms with Crippen LogP contribution in [0.5, 0.6) is 17.2 Å². The van der Waals surface area contributed by atoms with Crippen LogP contribution in [0.25, 0.3) is 6.08 Å². The summed E-state index contributed by atoms with van der Waals surface area (Å²) in [6.45, 7) is 0.0324. The van der Waals surface area contributed by atoms with E-state index >= 15 is 0 Å². The van der Waals surface area contributed by atoms with Gasteiger partial charge in [-0.1, -0.05) is 17.5 Å². The molecule has 2 rings (SSSR count). The summed E-state index contributed by atoms with van der Waals surface area (Å²) in [7, 11) is 2.99. The molecule has 0 aliphatic carbocycles. The number of hydrogen-bond donors (Lipinski definition) is 0. The SMILES string of the molecule is C#CCOc1c(Cl)cc(/C=C(\C#N)C(=O)c2ccc(OC)cc2)cc1OC. The van der Waals surface area contributed by atoms with E-state index in [9.17, 15) is 10.1 Å². The average Bonchev–Trinajstić information content (AvgIpc) is 2.70. The van der Waals surface area contributed by atoms with Gasteiger partial charge in [0.1, 0.15) is 24.0 Å². The number of carbonyl (C=O) groups excluding carboxylic acids is 1. The van der Waals surface area contributed by atoms with Crippen molar-refractivity contribution in [1.82, 2.24) is 0 Å². The molecule has 0 aliphatic heterocycles. The zero-order valence-electron chi connectivity index (χ0n) is 14.8. The Hall–Kier alpha value is -3.41. The number of ketones is 1. The van der Waals surface area contributed by atoms with Crippen LogP contribution in [-0.2, 0) is 0 Å². The highest BCUT2D eigenvalue weighted by molar-refractivity contribution is 6.32. The van der Waals surface area contributed by atoms with Gasteiger partial charge in [-0.25, -0.2) is 0 Å². The Morgan fingerprint density at radius 1 is 1.22 bits per heavy atom. The lowest BCUT2D eigenvalue weighted by Crippen LogP contribution is -2.02. The van der Waals surface area contributed by atoms with Crippen molar-refractivity contribution < 1.29 is 19.0 Å². The first-order valence-corrected chi connectivity index (χ1v) is 8.16. The van der Waals surface area contributed by atoms with E-state index in [2.05, 4.69) is 5.92 Å². The van der Waals surface area contributed by atoms with Crippen LogP contribution < -0.4 is 14.2 Å². The van der Waals surface area contributed by atoms with Crippen LogP contribution in [0.4, 0.5) is 0 Å². The van der Waals surface area contributed by atoms with Gasteiger partial charge in [-0.2, -0.15) is 5.26 Å². The second-order valence-corrected chi connectivity index (χ2v) is 5.66. The van der Waals surface area contributed by atoms with E-state index in [0.29, 0.717) is 28.4 Å². The maximum atomic E-state index is 12.6. The topological polar surface area (TPSA) is 68.5 Å². The van der Waals surface area contributed by atoms with Gasteiger partial charge in [-0.3, -0.25) is 4.79 Å². The Morgan fingerprint density at radius 3 is 2.48 bits per heavy atom. The van der Waals surface area contributed by atoms with Crippen molar-refractivity contribution in [2.75, 3.05) is 20.8 Å². The first kappa shape index (κ1) is 19.9. The van der Waals surface area contributed by atoms with Gasteiger partial charge in [-0.05, 0) is 48.0 Å². The van der Waals surface area contributed by atoms with Crippen LogP contribution in [0.1, 0.15) is 15.9 Å². The average molecular weight is 382 g/mol. The van der Waals surface area contributed by atoms with Crippen LogP contribution in [0.15, 0.2) is 42.0 Å². The van der Waals surface area contributed by atoms with Crippen LogP contribution in [0.3, 0.4) is 0 Å². The smallest absolute Gasteiger partial charge is 0.203 e. The maximum Gasteiger partial charge on any atom is 0.203 e. The van der Waals surface area contributed by atoms with Crippen molar-refractivity contribution >= 4 is 23.5 Å². The second-order valence-electron chi connectivity index (χ2n) is 5.25. The lowest BCUT2D eigenvalue weighted by molar-refractivity contribution is 0.104. The van der Waals surface area contributed by atoms with Crippen LogP contribution in [-0.4, -0.2) is 26.6 Å². The molecule has 0 heterocycles. The first-order valence-electron chi connectivity index (χ1n) is 7.78. The summed E-state index contributed by atoms with van der Waals surface area (Å²) >= 11 is 6.22. The van der Waals surface area contributed by atoms with Crippen LogP contribution >= 0.6 is 11.6 Å². The third kappa shape index (κ3) is 4.82. The van der Waals surface area contributed by atoms with Gasteiger partial charge in [0.25, 0.3) is 0 Å². The maximum absolute atomic E-state index is 12.6. The number of carbonyl (C=O) groups is 1. The lowest BCUT2D eigenvalue weighted by Gasteiger charge is -2.11. The van der Waals surface area contributed by atoms with Crippen molar-refractivity contribution in [3.05, 3.63) is 58.1 Å². The number of nitriles is 1. The summed E-state index contributed by atoms with van der Waals surface area (Å²) in [5.41, 5.74) is 0.842.